The smallest absolute Gasteiger partial charge is 0.213 e. The highest BCUT2D eigenvalue weighted by molar-refractivity contribution is 14.0. The fourth-order valence-corrected chi connectivity index (χ4v) is 4.07. The molecule has 1 saturated heterocycles. The fraction of sp³-hybridized carbons (Fsp3) is 0.632. The molecule has 1 aliphatic rings. The van der Waals surface area contributed by atoms with Crippen LogP contribution in [0.2, 0.25) is 0 Å². The zero-order chi connectivity index (χ0) is 19.7. The highest BCUT2D eigenvalue weighted by Gasteiger charge is 2.18. The van der Waals surface area contributed by atoms with Crippen molar-refractivity contribution >= 4 is 40.0 Å². The first-order chi connectivity index (χ1) is 12.9. The van der Waals surface area contributed by atoms with E-state index in [1.807, 2.05) is 12.1 Å². The van der Waals surface area contributed by atoms with E-state index in [2.05, 4.69) is 46.3 Å². The number of rotatable bonds is 8. The van der Waals surface area contributed by atoms with Gasteiger partial charge in [-0.25, -0.2) is 13.1 Å². The zero-order valence-corrected chi connectivity index (χ0v) is 20.0. The molecule has 0 aliphatic carbocycles. The van der Waals surface area contributed by atoms with Crippen molar-refractivity contribution in [3.63, 3.8) is 0 Å². The second-order valence-electron chi connectivity index (χ2n) is 6.88. The lowest BCUT2D eigenvalue weighted by Crippen LogP contribution is -2.43. The van der Waals surface area contributed by atoms with E-state index in [1.54, 1.807) is 7.05 Å². The number of aliphatic imine (C=N–C) groups is 1. The molecule has 0 bridgehead atoms. The van der Waals surface area contributed by atoms with Crippen LogP contribution in [0.3, 0.4) is 0 Å². The van der Waals surface area contributed by atoms with Crippen LogP contribution >= 0.6 is 24.0 Å². The molecule has 1 aromatic carbocycles. The molecule has 7 nitrogen and oxygen atoms in total. The van der Waals surface area contributed by atoms with Gasteiger partial charge in [-0.15, -0.1) is 24.0 Å². The average Bonchev–Trinajstić information content (AvgIpc) is 2.66. The minimum Gasteiger partial charge on any atom is -0.377 e. The lowest BCUT2D eigenvalue weighted by molar-refractivity contribution is 0.0200. The van der Waals surface area contributed by atoms with Crippen LogP contribution in [0.25, 0.3) is 0 Å². The summed E-state index contributed by atoms with van der Waals surface area (Å²) in [5.41, 5.74) is 2.38. The average molecular weight is 524 g/mol. The number of ether oxygens (including phenoxy) is 1. The van der Waals surface area contributed by atoms with E-state index in [4.69, 9.17) is 4.74 Å². The number of hydrogen-bond acceptors (Lipinski definition) is 4. The largest absolute Gasteiger partial charge is 0.377 e. The predicted octanol–water partition coefficient (Wildman–Crippen LogP) is 2.33. The summed E-state index contributed by atoms with van der Waals surface area (Å²) in [6.07, 6.45) is 3.05. The summed E-state index contributed by atoms with van der Waals surface area (Å²) in [5.74, 6) is 0.565. The van der Waals surface area contributed by atoms with Gasteiger partial charge in [0, 0.05) is 26.7 Å². The van der Waals surface area contributed by atoms with Gasteiger partial charge in [-0.1, -0.05) is 24.3 Å². The lowest BCUT2D eigenvalue weighted by atomic mass is 10.0. The first-order valence-corrected chi connectivity index (χ1v) is 11.2. The van der Waals surface area contributed by atoms with Gasteiger partial charge in [-0.3, -0.25) is 4.99 Å². The Hall–Kier alpha value is -0.910. The minimum atomic E-state index is -3.35. The van der Waals surface area contributed by atoms with Crippen molar-refractivity contribution in [3.05, 3.63) is 35.4 Å². The maximum absolute atomic E-state index is 12.2. The number of nitrogens with zero attached hydrogens (tertiary/aromatic N) is 1. The maximum Gasteiger partial charge on any atom is 0.213 e. The van der Waals surface area contributed by atoms with Gasteiger partial charge in [-0.2, -0.15) is 0 Å². The Kier molecular flexibility index (Phi) is 11.3. The molecular weight excluding hydrogens is 491 g/mol. The van der Waals surface area contributed by atoms with E-state index in [0.717, 1.165) is 25.9 Å². The summed E-state index contributed by atoms with van der Waals surface area (Å²) in [7, 11) is -1.67. The molecule has 160 valence electrons. The van der Waals surface area contributed by atoms with Gasteiger partial charge >= 0.3 is 0 Å². The van der Waals surface area contributed by atoms with Gasteiger partial charge in [0.1, 0.15) is 0 Å². The Morgan fingerprint density at radius 1 is 1.32 bits per heavy atom. The Bertz CT molecular complexity index is 722. The number of guanidine groups is 1. The second kappa shape index (κ2) is 12.6. The topological polar surface area (TPSA) is 91.8 Å². The standard InChI is InChI=1S/C19H32N4O3S.HI/c1-15-8-4-5-10-18(15)16(2)23-19(20-3)21-11-13-27(24,25)22-14-17-9-6-7-12-26-17;/h4-5,8,10,16-17,22H,6-7,9,11-14H2,1-3H3,(H2,20,21,23);1H. The van der Waals surface area contributed by atoms with Crippen LogP contribution in [0.15, 0.2) is 29.3 Å². The third kappa shape index (κ3) is 8.62. The van der Waals surface area contributed by atoms with Crippen LogP contribution in [0.5, 0.6) is 0 Å². The maximum atomic E-state index is 12.2. The van der Waals surface area contributed by atoms with E-state index in [1.165, 1.54) is 11.1 Å². The molecule has 0 aromatic heterocycles. The molecule has 2 rings (SSSR count). The molecule has 0 saturated carbocycles. The van der Waals surface area contributed by atoms with Gasteiger partial charge < -0.3 is 15.4 Å². The number of halogens is 1. The molecule has 1 heterocycles. The summed E-state index contributed by atoms with van der Waals surface area (Å²) in [6.45, 7) is 5.46. The molecule has 28 heavy (non-hydrogen) atoms. The summed E-state index contributed by atoms with van der Waals surface area (Å²) in [4.78, 5) is 4.18. The molecule has 0 spiro atoms. The molecule has 2 unspecified atom stereocenters. The minimum absolute atomic E-state index is 0. The molecule has 3 N–H and O–H groups in total. The van der Waals surface area contributed by atoms with Crippen molar-refractivity contribution in [2.45, 2.75) is 45.3 Å². The molecule has 1 aliphatic heterocycles. The van der Waals surface area contributed by atoms with E-state index in [9.17, 15) is 8.42 Å². The number of hydrogen-bond donors (Lipinski definition) is 3. The molecular formula is C19H33IN4O3S. The Balaban J connectivity index is 0.00000392. The number of benzene rings is 1. The van der Waals surface area contributed by atoms with Crippen LogP contribution in [-0.4, -0.2) is 53.0 Å². The van der Waals surface area contributed by atoms with E-state index in [-0.39, 0.29) is 48.4 Å². The van der Waals surface area contributed by atoms with Gasteiger partial charge in [0.25, 0.3) is 0 Å². The molecule has 0 amide bonds. The first-order valence-electron chi connectivity index (χ1n) is 9.53. The SMILES string of the molecule is CN=C(NCCS(=O)(=O)NCC1CCCCO1)NC(C)c1ccccc1C.I. The number of aryl methyl sites for hydroxylation is 1. The number of nitrogens with one attached hydrogen (secondary N) is 3. The molecule has 1 fully saturated rings. The van der Waals surface area contributed by atoms with E-state index in [0.29, 0.717) is 12.5 Å². The summed E-state index contributed by atoms with van der Waals surface area (Å²) >= 11 is 0. The Morgan fingerprint density at radius 3 is 2.71 bits per heavy atom. The normalized spacial score (nSPS) is 18.8. The second-order valence-corrected chi connectivity index (χ2v) is 8.80. The summed E-state index contributed by atoms with van der Waals surface area (Å²) < 4.78 is 32.5. The first kappa shape index (κ1) is 25.1. The van der Waals surface area contributed by atoms with Crippen molar-refractivity contribution in [1.82, 2.24) is 15.4 Å². The van der Waals surface area contributed by atoms with Gasteiger partial charge in [0.2, 0.25) is 10.0 Å². The lowest BCUT2D eigenvalue weighted by Gasteiger charge is -2.23. The molecule has 0 radical (unpaired) electrons. The van der Waals surface area contributed by atoms with E-state index >= 15 is 0 Å². The van der Waals surface area contributed by atoms with Crippen LogP contribution in [0.1, 0.15) is 43.4 Å². The number of sulfonamides is 1. The Morgan fingerprint density at radius 2 is 2.07 bits per heavy atom. The third-order valence-corrected chi connectivity index (χ3v) is 6.05. The summed E-state index contributed by atoms with van der Waals surface area (Å²) in [5, 5.41) is 6.37. The van der Waals surface area contributed by atoms with Crippen LogP contribution < -0.4 is 15.4 Å². The predicted molar refractivity (Wildman–Crippen MR) is 125 cm³/mol. The van der Waals surface area contributed by atoms with Gasteiger partial charge in [-0.05, 0) is 44.2 Å². The monoisotopic (exact) mass is 524 g/mol. The molecule has 1 aromatic rings. The van der Waals surface area contributed by atoms with Gasteiger partial charge in [0.05, 0.1) is 17.9 Å². The zero-order valence-electron chi connectivity index (χ0n) is 16.9. The third-order valence-electron chi connectivity index (χ3n) is 4.70. The van der Waals surface area contributed by atoms with Crippen molar-refractivity contribution in [2.24, 2.45) is 4.99 Å². The molecule has 2 atom stereocenters. The van der Waals surface area contributed by atoms with E-state index < -0.39 is 10.0 Å². The highest BCUT2D eigenvalue weighted by atomic mass is 127. The van der Waals surface area contributed by atoms with Crippen molar-refractivity contribution in [1.29, 1.82) is 0 Å². The van der Waals surface area contributed by atoms with Crippen LogP contribution in [0.4, 0.5) is 0 Å². The summed E-state index contributed by atoms with van der Waals surface area (Å²) in [6, 6.07) is 8.22. The fourth-order valence-electron chi connectivity index (χ4n) is 3.11. The van der Waals surface area contributed by atoms with Gasteiger partial charge in [0.15, 0.2) is 5.96 Å². The van der Waals surface area contributed by atoms with Crippen LogP contribution in [-0.2, 0) is 14.8 Å². The van der Waals surface area contributed by atoms with Crippen molar-refractivity contribution < 1.29 is 13.2 Å². The van der Waals surface area contributed by atoms with Crippen molar-refractivity contribution in [3.8, 4) is 0 Å². The highest BCUT2D eigenvalue weighted by Crippen LogP contribution is 2.16. The van der Waals surface area contributed by atoms with Crippen LogP contribution in [0, 0.1) is 6.92 Å². The quantitative estimate of drug-likeness (QED) is 0.276. The molecule has 9 heteroatoms. The Labute approximate surface area is 186 Å². The van der Waals surface area contributed by atoms with Crippen molar-refractivity contribution in [2.75, 3.05) is 32.5 Å².